The van der Waals surface area contributed by atoms with Crippen molar-refractivity contribution in [1.82, 2.24) is 15.3 Å². The molecule has 22 heavy (non-hydrogen) atoms. The van der Waals surface area contributed by atoms with E-state index in [9.17, 15) is 4.79 Å². The van der Waals surface area contributed by atoms with Gasteiger partial charge in [-0.25, -0.2) is 14.8 Å². The normalized spacial score (nSPS) is 10.7. The van der Waals surface area contributed by atoms with Crippen LogP contribution in [0.25, 0.3) is 11.0 Å². The van der Waals surface area contributed by atoms with E-state index in [2.05, 4.69) is 20.6 Å². The maximum atomic E-state index is 11.8. The van der Waals surface area contributed by atoms with Crippen molar-refractivity contribution in [2.75, 3.05) is 18.5 Å². The third-order valence-electron chi connectivity index (χ3n) is 3.45. The summed E-state index contributed by atoms with van der Waals surface area (Å²) in [7, 11) is 0. The average molecular weight is 302 g/mol. The highest BCUT2D eigenvalue weighted by molar-refractivity contribution is 5.91. The molecule has 2 rings (SSSR count). The second-order valence-electron chi connectivity index (χ2n) is 5.26. The molecule has 0 aliphatic heterocycles. The van der Waals surface area contributed by atoms with Crippen LogP contribution in [0.1, 0.15) is 30.7 Å². The fourth-order valence-electron chi connectivity index (χ4n) is 2.10. The zero-order valence-electron chi connectivity index (χ0n) is 13.0. The highest BCUT2D eigenvalue weighted by atomic mass is 16.2. The second kappa shape index (κ2) is 7.70. The summed E-state index contributed by atoms with van der Waals surface area (Å²) in [5, 5.41) is 14.3. The number of aliphatic hydroxyl groups excluding tert-OH is 1. The van der Waals surface area contributed by atoms with Crippen LogP contribution >= 0.6 is 0 Å². The Kier molecular flexibility index (Phi) is 5.66. The molecule has 1 aromatic carbocycles. The van der Waals surface area contributed by atoms with Crippen molar-refractivity contribution in [2.24, 2.45) is 0 Å². The van der Waals surface area contributed by atoms with Crippen LogP contribution in [0.4, 0.5) is 10.5 Å². The predicted molar refractivity (Wildman–Crippen MR) is 87.0 cm³/mol. The first-order chi connectivity index (χ1) is 10.6. The smallest absolute Gasteiger partial charge is 0.319 e. The van der Waals surface area contributed by atoms with Gasteiger partial charge in [-0.3, -0.25) is 0 Å². The maximum Gasteiger partial charge on any atom is 0.319 e. The Morgan fingerprint density at radius 2 is 1.82 bits per heavy atom. The van der Waals surface area contributed by atoms with Gasteiger partial charge in [-0.2, -0.15) is 0 Å². The molecule has 2 aromatic rings. The number of aliphatic hydroxyl groups is 1. The van der Waals surface area contributed by atoms with Crippen LogP contribution in [0.15, 0.2) is 18.2 Å². The number of nitrogens with one attached hydrogen (secondary N) is 2. The molecule has 1 aromatic heterocycles. The Morgan fingerprint density at radius 1 is 1.09 bits per heavy atom. The first kappa shape index (κ1) is 16.2. The van der Waals surface area contributed by atoms with Gasteiger partial charge in [0.1, 0.15) is 0 Å². The summed E-state index contributed by atoms with van der Waals surface area (Å²) in [6, 6.07) is 5.25. The lowest BCUT2D eigenvalue weighted by atomic mass is 10.2. The number of aryl methyl sites for hydroxylation is 2. The van der Waals surface area contributed by atoms with Gasteiger partial charge >= 0.3 is 6.03 Å². The van der Waals surface area contributed by atoms with E-state index in [1.165, 1.54) is 0 Å². The van der Waals surface area contributed by atoms with Crippen LogP contribution in [0, 0.1) is 13.8 Å². The van der Waals surface area contributed by atoms with Gasteiger partial charge in [0.05, 0.1) is 22.4 Å². The number of hydrogen-bond acceptors (Lipinski definition) is 4. The number of benzene rings is 1. The molecule has 0 saturated heterocycles. The molecule has 1 heterocycles. The fourth-order valence-corrected chi connectivity index (χ4v) is 2.10. The van der Waals surface area contributed by atoms with Crippen molar-refractivity contribution >= 4 is 22.8 Å². The Morgan fingerprint density at radius 3 is 2.55 bits per heavy atom. The van der Waals surface area contributed by atoms with Crippen molar-refractivity contribution in [3.05, 3.63) is 29.6 Å². The molecule has 0 aliphatic rings. The number of rotatable bonds is 6. The number of aromatic nitrogens is 2. The Bertz CT molecular complexity index is 658. The van der Waals surface area contributed by atoms with Gasteiger partial charge in [0.2, 0.25) is 0 Å². The summed E-state index contributed by atoms with van der Waals surface area (Å²) in [5.41, 5.74) is 4.08. The number of anilines is 1. The number of urea groups is 1. The first-order valence-corrected chi connectivity index (χ1v) is 7.51. The number of unbranched alkanes of at least 4 members (excludes halogenated alkanes) is 2. The molecule has 3 N–H and O–H groups in total. The molecular weight excluding hydrogens is 280 g/mol. The van der Waals surface area contributed by atoms with E-state index in [4.69, 9.17) is 5.11 Å². The molecule has 6 heteroatoms. The molecule has 2 amide bonds. The van der Waals surface area contributed by atoms with Crippen LogP contribution in [-0.2, 0) is 0 Å². The monoisotopic (exact) mass is 302 g/mol. The topological polar surface area (TPSA) is 87.1 Å². The molecule has 0 saturated carbocycles. The number of nitrogens with zero attached hydrogens (tertiary/aromatic N) is 2. The van der Waals surface area contributed by atoms with Gasteiger partial charge in [-0.05, 0) is 51.3 Å². The summed E-state index contributed by atoms with van der Waals surface area (Å²) < 4.78 is 0. The number of amides is 2. The lowest BCUT2D eigenvalue weighted by Crippen LogP contribution is -2.29. The second-order valence-corrected chi connectivity index (χ2v) is 5.26. The van der Waals surface area contributed by atoms with Crippen molar-refractivity contribution < 1.29 is 9.90 Å². The van der Waals surface area contributed by atoms with E-state index < -0.39 is 0 Å². The van der Waals surface area contributed by atoms with Gasteiger partial charge in [0.15, 0.2) is 0 Å². The van der Waals surface area contributed by atoms with Crippen molar-refractivity contribution in [3.8, 4) is 0 Å². The molecular formula is C16H22N4O2. The van der Waals surface area contributed by atoms with Gasteiger partial charge in [-0.1, -0.05) is 0 Å². The lowest BCUT2D eigenvalue weighted by Gasteiger charge is -2.09. The van der Waals surface area contributed by atoms with Crippen molar-refractivity contribution in [2.45, 2.75) is 33.1 Å². The van der Waals surface area contributed by atoms with Gasteiger partial charge in [0.25, 0.3) is 0 Å². The van der Waals surface area contributed by atoms with Gasteiger partial charge in [0, 0.05) is 18.8 Å². The van der Waals surface area contributed by atoms with E-state index in [1.807, 2.05) is 32.0 Å². The lowest BCUT2D eigenvalue weighted by molar-refractivity contribution is 0.251. The number of hydrogen-bond donors (Lipinski definition) is 3. The molecule has 0 aliphatic carbocycles. The minimum atomic E-state index is -0.236. The molecule has 0 unspecified atom stereocenters. The van der Waals surface area contributed by atoms with Crippen LogP contribution in [0.5, 0.6) is 0 Å². The van der Waals surface area contributed by atoms with E-state index in [0.717, 1.165) is 41.7 Å². The van der Waals surface area contributed by atoms with Crippen LogP contribution in [-0.4, -0.2) is 34.3 Å². The van der Waals surface area contributed by atoms with E-state index in [-0.39, 0.29) is 12.6 Å². The highest BCUT2D eigenvalue weighted by Gasteiger charge is 2.05. The summed E-state index contributed by atoms with van der Waals surface area (Å²) >= 11 is 0. The molecule has 118 valence electrons. The summed E-state index contributed by atoms with van der Waals surface area (Å²) in [6.07, 6.45) is 2.53. The van der Waals surface area contributed by atoms with Gasteiger partial charge in [-0.15, -0.1) is 0 Å². The molecule has 0 fully saturated rings. The largest absolute Gasteiger partial charge is 0.396 e. The molecule has 0 spiro atoms. The zero-order valence-corrected chi connectivity index (χ0v) is 13.0. The molecule has 0 bridgehead atoms. The van der Waals surface area contributed by atoms with E-state index in [1.54, 1.807) is 0 Å². The summed E-state index contributed by atoms with van der Waals surface area (Å²) in [6.45, 7) is 4.64. The maximum absolute atomic E-state index is 11.8. The van der Waals surface area contributed by atoms with Crippen LogP contribution < -0.4 is 10.6 Å². The SMILES string of the molecule is Cc1nc2ccc(NC(=O)NCCCCCO)cc2nc1C. The van der Waals surface area contributed by atoms with E-state index >= 15 is 0 Å². The van der Waals surface area contributed by atoms with Crippen molar-refractivity contribution in [3.63, 3.8) is 0 Å². The summed E-state index contributed by atoms with van der Waals surface area (Å²) in [4.78, 5) is 20.7. The van der Waals surface area contributed by atoms with E-state index in [0.29, 0.717) is 12.2 Å². The highest BCUT2D eigenvalue weighted by Crippen LogP contribution is 2.17. The minimum Gasteiger partial charge on any atom is -0.396 e. The molecule has 6 nitrogen and oxygen atoms in total. The average Bonchev–Trinajstić information content (AvgIpc) is 2.48. The fraction of sp³-hybridized carbons (Fsp3) is 0.438. The zero-order chi connectivity index (χ0) is 15.9. The van der Waals surface area contributed by atoms with Gasteiger partial charge < -0.3 is 15.7 Å². The van der Waals surface area contributed by atoms with Crippen molar-refractivity contribution in [1.29, 1.82) is 0 Å². The number of fused-ring (bicyclic) bond motifs is 1. The Balaban J connectivity index is 1.93. The number of carbonyl (C=O) groups is 1. The predicted octanol–water partition coefficient (Wildman–Crippen LogP) is 2.53. The number of carbonyl (C=O) groups excluding carboxylic acids is 1. The molecule has 0 radical (unpaired) electrons. The molecule has 0 atom stereocenters. The third-order valence-corrected chi connectivity index (χ3v) is 3.45. The first-order valence-electron chi connectivity index (χ1n) is 7.51. The summed E-state index contributed by atoms with van der Waals surface area (Å²) in [5.74, 6) is 0. The van der Waals surface area contributed by atoms with Crippen LogP contribution in [0.2, 0.25) is 0 Å². The Hall–Kier alpha value is -2.21. The third kappa shape index (κ3) is 4.39. The van der Waals surface area contributed by atoms with Crippen LogP contribution in [0.3, 0.4) is 0 Å². The quantitative estimate of drug-likeness (QED) is 0.716. The minimum absolute atomic E-state index is 0.198. The standard InChI is InChI=1S/C16H22N4O2/c1-11-12(2)19-15-10-13(6-7-14(15)18-11)20-16(22)17-8-4-3-5-9-21/h6-7,10,21H,3-5,8-9H2,1-2H3,(H2,17,20,22). The Labute approximate surface area is 130 Å².